The third-order valence-corrected chi connectivity index (χ3v) is 6.83. The van der Waals surface area contributed by atoms with E-state index in [1.54, 1.807) is 33.5 Å². The van der Waals surface area contributed by atoms with E-state index in [4.69, 9.17) is 5.73 Å². The van der Waals surface area contributed by atoms with Crippen LogP contribution in [0.15, 0.2) is 34.8 Å². The molecule has 3 heterocycles. The Morgan fingerprint density at radius 2 is 2.24 bits per heavy atom. The molecule has 0 saturated heterocycles. The molecule has 0 aliphatic carbocycles. The minimum atomic E-state index is -3.80. The maximum absolute atomic E-state index is 12.8. The number of carbonyl (C=O) groups excluding carboxylic acids is 1. The largest absolute Gasteiger partial charge is 0.312 e. The van der Waals surface area contributed by atoms with Crippen LogP contribution in [0.5, 0.6) is 0 Å². The Kier molecular flexibility index (Phi) is 3.78. The first kappa shape index (κ1) is 16.4. The lowest BCUT2D eigenvalue weighted by Gasteiger charge is -2.24. The molecule has 0 bridgehead atoms. The predicted octanol–water partition coefficient (Wildman–Crippen LogP) is 0.838. The van der Waals surface area contributed by atoms with Crippen LogP contribution in [0.4, 0.5) is 11.4 Å². The molecular formula is C15H17N5O3S2. The van der Waals surface area contributed by atoms with E-state index in [0.717, 1.165) is 17.7 Å². The summed E-state index contributed by atoms with van der Waals surface area (Å²) in [5.74, 6) is -0.0613. The zero-order chi connectivity index (χ0) is 17.8. The number of fused-ring (bicyclic) bond motifs is 2. The van der Waals surface area contributed by atoms with Crippen LogP contribution < -0.4 is 15.4 Å². The first-order valence-electron chi connectivity index (χ1n) is 7.74. The van der Waals surface area contributed by atoms with Gasteiger partial charge < -0.3 is 15.5 Å². The van der Waals surface area contributed by atoms with Crippen molar-refractivity contribution in [2.75, 3.05) is 16.2 Å². The van der Waals surface area contributed by atoms with Crippen LogP contribution >= 0.6 is 11.8 Å². The Hall–Kier alpha value is -2.04. The van der Waals surface area contributed by atoms with Crippen molar-refractivity contribution in [3.05, 3.63) is 35.4 Å². The lowest BCUT2D eigenvalue weighted by atomic mass is 10.1. The zero-order valence-corrected chi connectivity index (χ0v) is 15.0. The van der Waals surface area contributed by atoms with Crippen molar-refractivity contribution in [1.82, 2.24) is 4.90 Å². The summed E-state index contributed by atoms with van der Waals surface area (Å²) in [6.07, 6.45) is 1.58. The fraction of sp³-hybridized carbons (Fsp3) is 0.333. The van der Waals surface area contributed by atoms with Gasteiger partial charge in [0.15, 0.2) is 10.5 Å². The van der Waals surface area contributed by atoms with Gasteiger partial charge in [0.2, 0.25) is 5.91 Å². The van der Waals surface area contributed by atoms with Crippen molar-refractivity contribution in [3.63, 3.8) is 0 Å². The maximum Gasteiger partial charge on any atom is 0.258 e. The molecule has 8 nitrogen and oxygen atoms in total. The quantitative estimate of drug-likeness (QED) is 0.806. The summed E-state index contributed by atoms with van der Waals surface area (Å²) in [7, 11) is -3.80. The molecule has 132 valence electrons. The van der Waals surface area contributed by atoms with Crippen LogP contribution in [0.25, 0.3) is 0 Å². The number of benzene rings is 1. The minimum Gasteiger partial charge on any atom is -0.312 e. The summed E-state index contributed by atoms with van der Waals surface area (Å²) in [5.41, 5.74) is 8.09. The molecule has 4 rings (SSSR count). The van der Waals surface area contributed by atoms with Gasteiger partial charge in [0.05, 0.1) is 5.69 Å². The SMILES string of the molecule is CC(=O)N1CCc2ccc(NS(=O)(=O)C3C(N)N=C4SC=CN43)cc21. The Morgan fingerprint density at radius 3 is 3.00 bits per heavy atom. The van der Waals surface area contributed by atoms with Crippen molar-refractivity contribution < 1.29 is 13.2 Å². The van der Waals surface area contributed by atoms with Crippen LogP contribution in [-0.4, -0.2) is 42.5 Å². The summed E-state index contributed by atoms with van der Waals surface area (Å²) >= 11 is 1.34. The number of nitrogens with one attached hydrogen (secondary N) is 1. The number of rotatable bonds is 3. The monoisotopic (exact) mass is 379 g/mol. The van der Waals surface area contributed by atoms with Crippen molar-refractivity contribution in [3.8, 4) is 0 Å². The first-order valence-corrected chi connectivity index (χ1v) is 10.2. The molecule has 2 atom stereocenters. The van der Waals surface area contributed by atoms with Crippen LogP contribution in [0.3, 0.4) is 0 Å². The highest BCUT2D eigenvalue weighted by Gasteiger charge is 2.44. The number of thioether (sulfide) groups is 1. The third kappa shape index (κ3) is 2.70. The molecule has 3 aliphatic heterocycles. The maximum atomic E-state index is 12.8. The lowest BCUT2D eigenvalue weighted by molar-refractivity contribution is -0.116. The second-order valence-corrected chi connectivity index (χ2v) is 8.66. The van der Waals surface area contributed by atoms with Crippen LogP contribution in [0, 0.1) is 0 Å². The van der Waals surface area contributed by atoms with Crippen LogP contribution in [0.1, 0.15) is 12.5 Å². The number of nitrogens with zero attached hydrogens (tertiary/aromatic N) is 3. The van der Waals surface area contributed by atoms with Gasteiger partial charge in [-0.2, -0.15) is 0 Å². The van der Waals surface area contributed by atoms with E-state index < -0.39 is 21.6 Å². The van der Waals surface area contributed by atoms with E-state index in [0.29, 0.717) is 17.4 Å². The van der Waals surface area contributed by atoms with Gasteiger partial charge in [-0.3, -0.25) is 9.52 Å². The summed E-state index contributed by atoms with van der Waals surface area (Å²) in [5, 5.41) is 1.36. The van der Waals surface area contributed by atoms with E-state index in [-0.39, 0.29) is 5.91 Å². The highest BCUT2D eigenvalue weighted by Crippen LogP contribution is 2.34. The van der Waals surface area contributed by atoms with Crippen molar-refractivity contribution in [2.45, 2.75) is 24.9 Å². The smallest absolute Gasteiger partial charge is 0.258 e. The Balaban J connectivity index is 1.61. The number of amides is 1. The Morgan fingerprint density at radius 1 is 1.44 bits per heavy atom. The number of aliphatic imine (C=N–C) groups is 1. The number of nitrogens with two attached hydrogens (primary N) is 1. The van der Waals surface area contributed by atoms with Gasteiger partial charge in [0, 0.05) is 25.4 Å². The average molecular weight is 379 g/mol. The Bertz CT molecular complexity index is 912. The molecule has 25 heavy (non-hydrogen) atoms. The molecule has 1 aromatic rings. The standard InChI is InChI=1S/C15H17N5O3S2/c1-9(21)19-5-4-10-2-3-11(8-12(10)19)18-25(22,23)14-13(16)17-15-20(14)6-7-24-15/h2-3,6-8,13-14,18H,4-5,16H2,1H3. The summed E-state index contributed by atoms with van der Waals surface area (Å²) in [6.45, 7) is 2.11. The highest BCUT2D eigenvalue weighted by atomic mass is 32.2. The van der Waals surface area contributed by atoms with Gasteiger partial charge in [0.25, 0.3) is 10.0 Å². The van der Waals surface area contributed by atoms with E-state index in [1.807, 2.05) is 6.07 Å². The van der Waals surface area contributed by atoms with Gasteiger partial charge >= 0.3 is 0 Å². The normalized spacial score (nSPS) is 24.3. The summed E-state index contributed by atoms with van der Waals surface area (Å²) in [6, 6.07) is 5.24. The number of hydrogen-bond acceptors (Lipinski definition) is 7. The zero-order valence-electron chi connectivity index (χ0n) is 13.4. The second kappa shape index (κ2) is 5.75. The summed E-state index contributed by atoms with van der Waals surface area (Å²) < 4.78 is 28.3. The first-order chi connectivity index (χ1) is 11.9. The number of sulfonamides is 1. The van der Waals surface area contributed by atoms with E-state index in [1.165, 1.54) is 18.7 Å². The third-order valence-electron chi connectivity index (χ3n) is 4.38. The molecule has 0 radical (unpaired) electrons. The molecule has 0 aromatic heterocycles. The molecule has 3 N–H and O–H groups in total. The van der Waals surface area contributed by atoms with Crippen molar-refractivity contribution >= 4 is 44.2 Å². The fourth-order valence-electron chi connectivity index (χ4n) is 3.26. The van der Waals surface area contributed by atoms with Crippen molar-refractivity contribution in [1.29, 1.82) is 0 Å². The molecular weight excluding hydrogens is 362 g/mol. The topological polar surface area (TPSA) is 108 Å². The molecule has 1 aromatic carbocycles. The molecule has 1 amide bonds. The van der Waals surface area contributed by atoms with Gasteiger partial charge in [-0.15, -0.1) is 0 Å². The van der Waals surface area contributed by atoms with E-state index >= 15 is 0 Å². The molecule has 2 unspecified atom stereocenters. The minimum absolute atomic E-state index is 0.0613. The molecule has 3 aliphatic rings. The number of hydrogen-bond donors (Lipinski definition) is 2. The van der Waals surface area contributed by atoms with Crippen molar-refractivity contribution in [2.24, 2.45) is 10.7 Å². The lowest BCUT2D eigenvalue weighted by Crippen LogP contribution is -2.47. The van der Waals surface area contributed by atoms with Gasteiger partial charge in [-0.05, 0) is 29.5 Å². The van der Waals surface area contributed by atoms with E-state index in [2.05, 4.69) is 9.71 Å². The van der Waals surface area contributed by atoms with Crippen LogP contribution in [-0.2, 0) is 21.2 Å². The van der Waals surface area contributed by atoms with Crippen LogP contribution in [0.2, 0.25) is 0 Å². The molecule has 0 fully saturated rings. The van der Waals surface area contributed by atoms with Gasteiger partial charge in [-0.25, -0.2) is 13.4 Å². The number of amidine groups is 1. The highest BCUT2D eigenvalue weighted by molar-refractivity contribution is 8.16. The molecule has 0 spiro atoms. The predicted molar refractivity (Wildman–Crippen MR) is 98.5 cm³/mol. The van der Waals surface area contributed by atoms with Gasteiger partial charge in [0.1, 0.15) is 6.17 Å². The molecule has 0 saturated carbocycles. The number of carbonyl (C=O) groups is 1. The van der Waals surface area contributed by atoms with E-state index in [9.17, 15) is 13.2 Å². The average Bonchev–Trinajstić information content (AvgIpc) is 3.19. The summed E-state index contributed by atoms with van der Waals surface area (Å²) in [4.78, 5) is 19.1. The number of anilines is 2. The Labute approximate surface area is 149 Å². The second-order valence-electron chi connectivity index (χ2n) is 6.01. The molecule has 10 heteroatoms. The fourth-order valence-corrected chi connectivity index (χ4v) is 5.59. The van der Waals surface area contributed by atoms with Gasteiger partial charge in [-0.1, -0.05) is 17.8 Å².